The maximum atomic E-state index is 13.3. The van der Waals surface area contributed by atoms with Crippen molar-refractivity contribution in [2.45, 2.75) is 32.4 Å². The second-order valence-electron chi connectivity index (χ2n) is 5.13. The zero-order valence-electron chi connectivity index (χ0n) is 11.6. The molecule has 1 N–H and O–H groups in total. The van der Waals surface area contributed by atoms with E-state index in [-0.39, 0.29) is 5.69 Å². The molecule has 5 nitrogen and oxygen atoms in total. The van der Waals surface area contributed by atoms with Crippen molar-refractivity contribution >= 4 is 5.69 Å². The number of likely N-dealkylation sites (N-methyl/N-ethyl adjacent to an activating group) is 1. The van der Waals surface area contributed by atoms with E-state index in [9.17, 15) is 14.5 Å². The molecule has 0 saturated carbocycles. The molecule has 1 heterocycles. The lowest BCUT2D eigenvalue weighted by molar-refractivity contribution is -0.385. The fraction of sp³-hybridized carbons (Fsp3) is 0.571. The van der Waals surface area contributed by atoms with Crippen LogP contribution >= 0.6 is 0 Å². The molecular weight excluding hydrogens is 261 g/mol. The molecule has 2 rings (SSSR count). The summed E-state index contributed by atoms with van der Waals surface area (Å²) in [5, 5.41) is 14.0. The average molecular weight is 281 g/mol. The molecule has 1 fully saturated rings. The minimum Gasteiger partial charge on any atom is -0.311 e. The van der Waals surface area contributed by atoms with E-state index in [0.717, 1.165) is 25.7 Å². The highest BCUT2D eigenvalue weighted by Gasteiger charge is 2.22. The van der Waals surface area contributed by atoms with Crippen molar-refractivity contribution in [3.63, 3.8) is 0 Å². The zero-order valence-corrected chi connectivity index (χ0v) is 11.6. The van der Waals surface area contributed by atoms with Crippen LogP contribution in [0.2, 0.25) is 0 Å². The summed E-state index contributed by atoms with van der Waals surface area (Å²) in [6.45, 7) is 5.60. The van der Waals surface area contributed by atoms with Crippen LogP contribution in [0.4, 0.5) is 10.1 Å². The van der Waals surface area contributed by atoms with Gasteiger partial charge in [0, 0.05) is 25.2 Å². The maximum absolute atomic E-state index is 13.3. The van der Waals surface area contributed by atoms with E-state index in [4.69, 9.17) is 0 Å². The Balaban J connectivity index is 1.89. The first kappa shape index (κ1) is 14.9. The van der Waals surface area contributed by atoms with Gasteiger partial charge in [-0.05, 0) is 37.6 Å². The SMILES string of the molecule is CCN1CCCC1CNCc1cc(F)cc([N+](=O)[O-])c1. The van der Waals surface area contributed by atoms with E-state index in [1.807, 2.05) is 0 Å². The Hall–Kier alpha value is -1.53. The lowest BCUT2D eigenvalue weighted by Crippen LogP contribution is -2.37. The molecule has 110 valence electrons. The number of nitro benzene ring substituents is 1. The van der Waals surface area contributed by atoms with Crippen LogP contribution in [0.25, 0.3) is 0 Å². The molecule has 1 aliphatic heterocycles. The number of likely N-dealkylation sites (tertiary alicyclic amines) is 1. The molecule has 1 aromatic rings. The van der Waals surface area contributed by atoms with Gasteiger partial charge in [-0.25, -0.2) is 4.39 Å². The van der Waals surface area contributed by atoms with Crippen LogP contribution in [0.1, 0.15) is 25.3 Å². The van der Waals surface area contributed by atoms with Gasteiger partial charge < -0.3 is 5.32 Å². The van der Waals surface area contributed by atoms with E-state index in [0.29, 0.717) is 18.2 Å². The molecule has 1 atom stereocenters. The van der Waals surface area contributed by atoms with Gasteiger partial charge >= 0.3 is 0 Å². The molecule has 1 saturated heterocycles. The van der Waals surface area contributed by atoms with Crippen molar-refractivity contribution < 1.29 is 9.31 Å². The zero-order chi connectivity index (χ0) is 14.5. The summed E-state index contributed by atoms with van der Waals surface area (Å²) in [4.78, 5) is 12.5. The van der Waals surface area contributed by atoms with Crippen LogP contribution in [-0.4, -0.2) is 35.5 Å². The summed E-state index contributed by atoms with van der Waals surface area (Å²) in [6.07, 6.45) is 2.38. The fourth-order valence-electron chi connectivity index (χ4n) is 2.77. The topological polar surface area (TPSA) is 58.4 Å². The molecule has 0 spiro atoms. The number of rotatable bonds is 6. The monoisotopic (exact) mass is 281 g/mol. The molecule has 6 heteroatoms. The summed E-state index contributed by atoms with van der Waals surface area (Å²) in [6, 6.07) is 4.22. The third kappa shape index (κ3) is 3.74. The number of nitrogens with one attached hydrogen (secondary N) is 1. The molecule has 1 unspecified atom stereocenters. The highest BCUT2D eigenvalue weighted by atomic mass is 19.1. The van der Waals surface area contributed by atoms with Gasteiger partial charge in [0.1, 0.15) is 5.82 Å². The van der Waals surface area contributed by atoms with Crippen LogP contribution in [0.5, 0.6) is 0 Å². The first-order valence-corrected chi connectivity index (χ1v) is 6.98. The van der Waals surface area contributed by atoms with Crippen LogP contribution < -0.4 is 5.32 Å². The summed E-state index contributed by atoms with van der Waals surface area (Å²) in [5.41, 5.74) is 0.413. The third-order valence-corrected chi connectivity index (χ3v) is 3.77. The molecule has 0 aliphatic carbocycles. The summed E-state index contributed by atoms with van der Waals surface area (Å²) < 4.78 is 13.3. The second-order valence-corrected chi connectivity index (χ2v) is 5.13. The van der Waals surface area contributed by atoms with Gasteiger partial charge in [-0.2, -0.15) is 0 Å². The van der Waals surface area contributed by atoms with E-state index in [2.05, 4.69) is 17.1 Å². The predicted octanol–water partition coefficient (Wildman–Crippen LogP) is 2.31. The first-order chi connectivity index (χ1) is 9.60. The van der Waals surface area contributed by atoms with Crippen LogP contribution in [0, 0.1) is 15.9 Å². The highest BCUT2D eigenvalue weighted by Crippen LogP contribution is 2.17. The van der Waals surface area contributed by atoms with Crippen molar-refractivity contribution in [2.24, 2.45) is 0 Å². The minimum absolute atomic E-state index is 0.196. The van der Waals surface area contributed by atoms with Gasteiger partial charge in [0.2, 0.25) is 0 Å². The Morgan fingerprint density at radius 2 is 2.30 bits per heavy atom. The lowest BCUT2D eigenvalue weighted by atomic mass is 10.1. The number of hydrogen-bond acceptors (Lipinski definition) is 4. The Morgan fingerprint density at radius 1 is 1.50 bits per heavy atom. The van der Waals surface area contributed by atoms with Crippen LogP contribution in [0.15, 0.2) is 18.2 Å². The van der Waals surface area contributed by atoms with Gasteiger partial charge in [-0.3, -0.25) is 15.0 Å². The Bertz CT molecular complexity index is 481. The molecule has 0 bridgehead atoms. The Morgan fingerprint density at radius 3 is 3.00 bits per heavy atom. The smallest absolute Gasteiger partial charge is 0.272 e. The number of hydrogen-bond donors (Lipinski definition) is 1. The largest absolute Gasteiger partial charge is 0.311 e. The molecule has 0 radical (unpaired) electrons. The maximum Gasteiger partial charge on any atom is 0.272 e. The van der Waals surface area contributed by atoms with Gasteiger partial charge in [-0.1, -0.05) is 6.92 Å². The van der Waals surface area contributed by atoms with Crippen molar-refractivity contribution in [3.8, 4) is 0 Å². The molecule has 1 aromatic carbocycles. The number of non-ortho nitro benzene ring substituents is 1. The summed E-state index contributed by atoms with van der Waals surface area (Å²) in [7, 11) is 0. The normalized spacial score (nSPS) is 19.4. The van der Waals surface area contributed by atoms with Crippen molar-refractivity contribution in [2.75, 3.05) is 19.6 Å². The average Bonchev–Trinajstić information content (AvgIpc) is 2.85. The van der Waals surface area contributed by atoms with E-state index < -0.39 is 10.7 Å². The molecular formula is C14H20FN3O2. The van der Waals surface area contributed by atoms with Crippen LogP contribution in [0.3, 0.4) is 0 Å². The minimum atomic E-state index is -0.567. The Labute approximate surface area is 117 Å². The van der Waals surface area contributed by atoms with Gasteiger partial charge in [0.15, 0.2) is 0 Å². The van der Waals surface area contributed by atoms with E-state index in [1.54, 1.807) is 0 Å². The molecule has 0 amide bonds. The highest BCUT2D eigenvalue weighted by molar-refractivity contribution is 5.35. The van der Waals surface area contributed by atoms with Gasteiger partial charge in [-0.15, -0.1) is 0 Å². The lowest BCUT2D eigenvalue weighted by Gasteiger charge is -2.22. The number of nitrogens with zero attached hydrogens (tertiary/aromatic N) is 2. The van der Waals surface area contributed by atoms with Gasteiger partial charge in [0.25, 0.3) is 5.69 Å². The van der Waals surface area contributed by atoms with Crippen molar-refractivity contribution in [3.05, 3.63) is 39.7 Å². The number of nitro groups is 1. The molecule has 0 aromatic heterocycles. The quantitative estimate of drug-likeness (QED) is 0.642. The van der Waals surface area contributed by atoms with Crippen molar-refractivity contribution in [1.29, 1.82) is 0 Å². The fourth-order valence-corrected chi connectivity index (χ4v) is 2.77. The van der Waals surface area contributed by atoms with Crippen LogP contribution in [-0.2, 0) is 6.54 Å². The summed E-state index contributed by atoms with van der Waals surface area (Å²) in [5.74, 6) is -0.563. The Kier molecular flexibility index (Phi) is 5.03. The predicted molar refractivity (Wildman–Crippen MR) is 75.0 cm³/mol. The first-order valence-electron chi connectivity index (χ1n) is 6.98. The third-order valence-electron chi connectivity index (χ3n) is 3.77. The van der Waals surface area contributed by atoms with E-state index in [1.165, 1.54) is 25.0 Å². The molecule has 1 aliphatic rings. The standard InChI is InChI=1S/C14H20FN3O2/c1-2-17-5-3-4-13(17)10-16-9-11-6-12(15)8-14(7-11)18(19)20/h6-8,13,16H,2-5,9-10H2,1H3. The van der Waals surface area contributed by atoms with E-state index >= 15 is 0 Å². The molecule has 20 heavy (non-hydrogen) atoms. The van der Waals surface area contributed by atoms with Gasteiger partial charge in [0.05, 0.1) is 11.0 Å². The number of halogens is 1. The second kappa shape index (κ2) is 6.76. The summed E-state index contributed by atoms with van der Waals surface area (Å²) >= 11 is 0. The van der Waals surface area contributed by atoms with Crippen molar-refractivity contribution in [1.82, 2.24) is 10.2 Å². The number of benzene rings is 1.